The minimum atomic E-state index is -1.13. The van der Waals surface area contributed by atoms with E-state index in [1.54, 1.807) is 19.2 Å². The highest BCUT2D eigenvalue weighted by molar-refractivity contribution is 5.92. The molecule has 0 unspecified atom stereocenters. The Balaban J connectivity index is 2.14. The standard InChI is InChI=1S/C16H21N3O4/c1-10-8-12(17-19(10)16(2,3)4)14(20)18(5)9-11-6-7-13(23-11)15(21)22/h6-8H,9H2,1-5H3,(H,21,22). The SMILES string of the molecule is Cc1cc(C(=O)N(C)Cc2ccc(C(=O)O)o2)nn1C(C)(C)C. The molecule has 0 aliphatic heterocycles. The number of nitrogens with zero attached hydrogens (tertiary/aromatic N) is 3. The number of hydrogen-bond acceptors (Lipinski definition) is 4. The maximum Gasteiger partial charge on any atom is 0.371 e. The van der Waals surface area contributed by atoms with Gasteiger partial charge in [-0.3, -0.25) is 9.48 Å². The van der Waals surface area contributed by atoms with Gasteiger partial charge in [0.05, 0.1) is 12.1 Å². The van der Waals surface area contributed by atoms with Crippen molar-refractivity contribution in [1.82, 2.24) is 14.7 Å². The van der Waals surface area contributed by atoms with Gasteiger partial charge in [-0.15, -0.1) is 0 Å². The van der Waals surface area contributed by atoms with Gasteiger partial charge in [-0.05, 0) is 45.9 Å². The first-order valence-corrected chi connectivity index (χ1v) is 7.24. The molecule has 0 atom stereocenters. The topological polar surface area (TPSA) is 88.6 Å². The number of carboxylic acid groups (broad SMARTS) is 1. The molecule has 0 spiro atoms. The monoisotopic (exact) mass is 319 g/mol. The Morgan fingerprint density at radius 1 is 1.35 bits per heavy atom. The van der Waals surface area contributed by atoms with E-state index in [0.29, 0.717) is 11.5 Å². The van der Waals surface area contributed by atoms with Crippen molar-refractivity contribution in [3.8, 4) is 0 Å². The molecule has 124 valence electrons. The van der Waals surface area contributed by atoms with Crippen LogP contribution >= 0.6 is 0 Å². The number of furan rings is 1. The highest BCUT2D eigenvalue weighted by atomic mass is 16.4. The third kappa shape index (κ3) is 3.61. The Kier molecular flexibility index (Phi) is 4.31. The summed E-state index contributed by atoms with van der Waals surface area (Å²) in [4.78, 5) is 24.7. The lowest BCUT2D eigenvalue weighted by Crippen LogP contribution is -2.28. The molecule has 23 heavy (non-hydrogen) atoms. The molecule has 7 heteroatoms. The Morgan fingerprint density at radius 2 is 2.00 bits per heavy atom. The van der Waals surface area contributed by atoms with Gasteiger partial charge in [-0.2, -0.15) is 5.10 Å². The highest BCUT2D eigenvalue weighted by Crippen LogP contribution is 2.18. The molecule has 1 amide bonds. The molecule has 2 rings (SSSR count). The minimum Gasteiger partial charge on any atom is -0.475 e. The van der Waals surface area contributed by atoms with E-state index in [0.717, 1.165) is 5.69 Å². The fraction of sp³-hybridized carbons (Fsp3) is 0.438. The van der Waals surface area contributed by atoms with Crippen LogP contribution in [0.2, 0.25) is 0 Å². The maximum absolute atomic E-state index is 12.5. The number of aryl methyl sites for hydroxylation is 1. The number of aromatic nitrogens is 2. The van der Waals surface area contributed by atoms with Crippen LogP contribution in [0, 0.1) is 6.92 Å². The van der Waals surface area contributed by atoms with Crippen molar-refractivity contribution in [2.24, 2.45) is 0 Å². The Hall–Kier alpha value is -2.57. The molecule has 0 saturated carbocycles. The average molecular weight is 319 g/mol. The van der Waals surface area contributed by atoms with E-state index in [1.807, 2.05) is 32.4 Å². The van der Waals surface area contributed by atoms with E-state index in [9.17, 15) is 9.59 Å². The van der Waals surface area contributed by atoms with Crippen molar-refractivity contribution >= 4 is 11.9 Å². The van der Waals surface area contributed by atoms with Crippen LogP contribution in [0.5, 0.6) is 0 Å². The van der Waals surface area contributed by atoms with Crippen LogP contribution in [0.4, 0.5) is 0 Å². The second-order valence-corrected chi connectivity index (χ2v) is 6.49. The number of rotatable bonds is 4. The van der Waals surface area contributed by atoms with Crippen molar-refractivity contribution in [1.29, 1.82) is 0 Å². The molecule has 2 heterocycles. The van der Waals surface area contributed by atoms with E-state index >= 15 is 0 Å². The number of amides is 1. The summed E-state index contributed by atoms with van der Waals surface area (Å²) in [5.74, 6) is -1.12. The largest absolute Gasteiger partial charge is 0.475 e. The lowest BCUT2D eigenvalue weighted by molar-refractivity contribution is 0.0658. The molecule has 0 aliphatic carbocycles. The predicted molar refractivity (Wildman–Crippen MR) is 83.4 cm³/mol. The Labute approximate surface area is 134 Å². The third-order valence-electron chi connectivity index (χ3n) is 3.35. The van der Waals surface area contributed by atoms with Gasteiger partial charge < -0.3 is 14.4 Å². The lowest BCUT2D eigenvalue weighted by atomic mass is 10.1. The minimum absolute atomic E-state index is 0.145. The summed E-state index contributed by atoms with van der Waals surface area (Å²) in [5.41, 5.74) is 1.05. The van der Waals surface area contributed by atoms with Crippen molar-refractivity contribution in [2.45, 2.75) is 39.8 Å². The van der Waals surface area contributed by atoms with Crippen LogP contribution in [0.25, 0.3) is 0 Å². The average Bonchev–Trinajstić information content (AvgIpc) is 3.03. The Morgan fingerprint density at radius 3 is 2.48 bits per heavy atom. The fourth-order valence-corrected chi connectivity index (χ4v) is 2.34. The van der Waals surface area contributed by atoms with Gasteiger partial charge in [0, 0.05) is 12.7 Å². The molecule has 0 fully saturated rings. The fourth-order valence-electron chi connectivity index (χ4n) is 2.34. The van der Waals surface area contributed by atoms with E-state index < -0.39 is 5.97 Å². The Bertz CT molecular complexity index is 737. The zero-order valence-corrected chi connectivity index (χ0v) is 14.0. The quantitative estimate of drug-likeness (QED) is 0.935. The van der Waals surface area contributed by atoms with Gasteiger partial charge in [0.15, 0.2) is 5.69 Å². The van der Waals surface area contributed by atoms with Crippen molar-refractivity contribution in [2.75, 3.05) is 7.05 Å². The summed E-state index contributed by atoms with van der Waals surface area (Å²) in [6.07, 6.45) is 0. The molecular formula is C16H21N3O4. The van der Waals surface area contributed by atoms with E-state index in [4.69, 9.17) is 9.52 Å². The van der Waals surface area contributed by atoms with Crippen LogP contribution in [0.1, 0.15) is 53.3 Å². The number of carboxylic acids is 1. The molecule has 7 nitrogen and oxygen atoms in total. The molecule has 0 aliphatic rings. The zero-order valence-electron chi connectivity index (χ0n) is 14.0. The van der Waals surface area contributed by atoms with Crippen molar-refractivity contribution in [3.63, 3.8) is 0 Å². The smallest absolute Gasteiger partial charge is 0.371 e. The summed E-state index contributed by atoms with van der Waals surface area (Å²) in [5, 5.41) is 13.2. The second-order valence-electron chi connectivity index (χ2n) is 6.49. The molecule has 1 N–H and O–H groups in total. The summed E-state index contributed by atoms with van der Waals surface area (Å²) < 4.78 is 6.97. The van der Waals surface area contributed by atoms with Crippen LogP contribution < -0.4 is 0 Å². The van der Waals surface area contributed by atoms with Gasteiger partial charge in [0.2, 0.25) is 5.76 Å². The molecule has 2 aromatic rings. The summed E-state index contributed by atoms with van der Waals surface area (Å²) >= 11 is 0. The van der Waals surface area contributed by atoms with Crippen molar-refractivity contribution in [3.05, 3.63) is 41.1 Å². The number of carbonyl (C=O) groups excluding carboxylic acids is 1. The third-order valence-corrected chi connectivity index (χ3v) is 3.35. The molecule has 2 aromatic heterocycles. The highest BCUT2D eigenvalue weighted by Gasteiger charge is 2.22. The predicted octanol–water partition coefficient (Wildman–Crippen LogP) is 2.51. The van der Waals surface area contributed by atoms with E-state index in [-0.39, 0.29) is 23.8 Å². The molecule has 0 aromatic carbocycles. The summed E-state index contributed by atoms with van der Waals surface area (Å²) in [6, 6.07) is 4.66. The van der Waals surface area contributed by atoms with Crippen LogP contribution in [0.15, 0.2) is 22.6 Å². The van der Waals surface area contributed by atoms with Crippen LogP contribution in [-0.2, 0) is 12.1 Å². The molecule has 0 bridgehead atoms. The van der Waals surface area contributed by atoms with Crippen LogP contribution in [0.3, 0.4) is 0 Å². The molecule has 0 radical (unpaired) electrons. The van der Waals surface area contributed by atoms with Crippen molar-refractivity contribution < 1.29 is 19.1 Å². The number of hydrogen-bond donors (Lipinski definition) is 1. The van der Waals surface area contributed by atoms with Gasteiger partial charge in [0.25, 0.3) is 5.91 Å². The van der Waals surface area contributed by atoms with Crippen LogP contribution in [-0.4, -0.2) is 38.7 Å². The zero-order chi connectivity index (χ0) is 17.4. The lowest BCUT2D eigenvalue weighted by Gasteiger charge is -2.21. The first-order chi connectivity index (χ1) is 10.6. The van der Waals surface area contributed by atoms with Gasteiger partial charge in [-0.1, -0.05) is 0 Å². The van der Waals surface area contributed by atoms with Gasteiger partial charge in [0.1, 0.15) is 5.76 Å². The number of aromatic carboxylic acids is 1. The normalized spacial score (nSPS) is 11.5. The molecule has 0 saturated heterocycles. The second kappa shape index (κ2) is 5.91. The van der Waals surface area contributed by atoms with E-state index in [1.165, 1.54) is 11.0 Å². The number of carbonyl (C=O) groups is 2. The summed E-state index contributed by atoms with van der Waals surface area (Å²) in [7, 11) is 1.62. The van der Waals surface area contributed by atoms with E-state index in [2.05, 4.69) is 5.10 Å². The first kappa shape index (κ1) is 16.8. The first-order valence-electron chi connectivity index (χ1n) is 7.24. The van der Waals surface area contributed by atoms with Gasteiger partial charge >= 0.3 is 5.97 Å². The summed E-state index contributed by atoms with van der Waals surface area (Å²) in [6.45, 7) is 8.12. The van der Waals surface area contributed by atoms with Gasteiger partial charge in [-0.25, -0.2) is 4.79 Å². The maximum atomic E-state index is 12.5. The molecular weight excluding hydrogens is 298 g/mol.